The van der Waals surface area contributed by atoms with E-state index in [1.165, 1.54) is 24.0 Å². The summed E-state index contributed by atoms with van der Waals surface area (Å²) in [5.74, 6) is 0. The highest BCUT2D eigenvalue weighted by Crippen LogP contribution is 2.20. The molecule has 0 aliphatic rings. The highest BCUT2D eigenvalue weighted by Gasteiger charge is 2.11. The second kappa shape index (κ2) is 7.86. The summed E-state index contributed by atoms with van der Waals surface area (Å²) >= 11 is 0. The Morgan fingerprint density at radius 1 is 0.850 bits per heavy atom. The predicted octanol–water partition coefficient (Wildman–Crippen LogP) is 4.75. The van der Waals surface area contributed by atoms with Crippen LogP contribution in [-0.2, 0) is 6.42 Å². The van der Waals surface area contributed by atoms with Crippen molar-refractivity contribution < 1.29 is 0 Å². The molecule has 0 aliphatic heterocycles. The third kappa shape index (κ3) is 4.82. The number of hydrogen-bond acceptors (Lipinski definition) is 1. The van der Waals surface area contributed by atoms with Crippen LogP contribution in [0.25, 0.3) is 0 Å². The zero-order valence-electron chi connectivity index (χ0n) is 12.5. The molecule has 0 aliphatic carbocycles. The smallest absolute Gasteiger partial charge is 0.0322 e. The maximum atomic E-state index is 3.68. The van der Waals surface area contributed by atoms with E-state index >= 15 is 0 Å². The van der Waals surface area contributed by atoms with Gasteiger partial charge in [-0.1, -0.05) is 74.5 Å². The molecule has 1 heteroatoms. The number of hydrogen-bond donors (Lipinski definition) is 1. The lowest BCUT2D eigenvalue weighted by atomic mass is 9.98. The first-order valence-electron chi connectivity index (χ1n) is 7.60. The van der Waals surface area contributed by atoms with E-state index in [0.29, 0.717) is 12.1 Å². The van der Waals surface area contributed by atoms with Gasteiger partial charge < -0.3 is 5.32 Å². The fourth-order valence-electron chi connectivity index (χ4n) is 2.59. The van der Waals surface area contributed by atoms with Crippen molar-refractivity contribution in [2.75, 3.05) is 0 Å². The molecule has 1 unspecified atom stereocenters. The van der Waals surface area contributed by atoms with Gasteiger partial charge in [0.05, 0.1) is 0 Å². The summed E-state index contributed by atoms with van der Waals surface area (Å²) < 4.78 is 0. The molecule has 2 aromatic carbocycles. The van der Waals surface area contributed by atoms with E-state index in [2.05, 4.69) is 79.8 Å². The predicted molar refractivity (Wildman–Crippen MR) is 86.8 cm³/mol. The summed E-state index contributed by atoms with van der Waals surface area (Å²) in [4.78, 5) is 0. The molecule has 0 aromatic heterocycles. The van der Waals surface area contributed by atoms with Crippen LogP contribution in [0.2, 0.25) is 0 Å². The third-order valence-electron chi connectivity index (χ3n) is 3.54. The van der Waals surface area contributed by atoms with Crippen molar-refractivity contribution in [3.8, 4) is 0 Å². The van der Waals surface area contributed by atoms with E-state index in [4.69, 9.17) is 0 Å². The van der Waals surface area contributed by atoms with Crippen molar-refractivity contribution in [1.29, 1.82) is 0 Å². The van der Waals surface area contributed by atoms with Crippen LogP contribution in [0.15, 0.2) is 60.7 Å². The molecule has 0 amide bonds. The summed E-state index contributed by atoms with van der Waals surface area (Å²) in [7, 11) is 0. The standard InChI is InChI=1S/C19H25N/c1-16(2)20-19(18-13-7-4-8-14-18)15-9-12-17-10-5-3-6-11-17/h3-8,10-11,13-14,16,19-20H,9,12,15H2,1-2H3. The maximum Gasteiger partial charge on any atom is 0.0322 e. The van der Waals surface area contributed by atoms with Gasteiger partial charge in [-0.2, -0.15) is 0 Å². The topological polar surface area (TPSA) is 12.0 Å². The first kappa shape index (κ1) is 14.8. The molecule has 0 saturated carbocycles. The van der Waals surface area contributed by atoms with Crippen molar-refractivity contribution in [3.05, 3.63) is 71.8 Å². The van der Waals surface area contributed by atoms with Crippen LogP contribution >= 0.6 is 0 Å². The van der Waals surface area contributed by atoms with Gasteiger partial charge in [-0.15, -0.1) is 0 Å². The van der Waals surface area contributed by atoms with Gasteiger partial charge in [0.15, 0.2) is 0 Å². The number of aryl methyl sites for hydroxylation is 1. The summed E-state index contributed by atoms with van der Waals surface area (Å²) in [6.07, 6.45) is 3.55. The van der Waals surface area contributed by atoms with E-state index in [1.54, 1.807) is 0 Å². The van der Waals surface area contributed by atoms with E-state index in [1.807, 2.05) is 0 Å². The first-order chi connectivity index (χ1) is 9.75. The van der Waals surface area contributed by atoms with E-state index in [0.717, 1.165) is 6.42 Å². The van der Waals surface area contributed by atoms with Gasteiger partial charge in [0.2, 0.25) is 0 Å². The average Bonchev–Trinajstić information content (AvgIpc) is 2.48. The van der Waals surface area contributed by atoms with E-state index < -0.39 is 0 Å². The van der Waals surface area contributed by atoms with Crippen LogP contribution in [0.5, 0.6) is 0 Å². The van der Waals surface area contributed by atoms with Crippen molar-refractivity contribution in [1.82, 2.24) is 5.32 Å². The minimum absolute atomic E-state index is 0.458. The van der Waals surface area contributed by atoms with Crippen LogP contribution in [0.1, 0.15) is 43.9 Å². The zero-order chi connectivity index (χ0) is 14.2. The van der Waals surface area contributed by atoms with Gasteiger partial charge >= 0.3 is 0 Å². The molecule has 0 bridgehead atoms. The Labute approximate surface area is 123 Å². The molecule has 0 fully saturated rings. The van der Waals surface area contributed by atoms with E-state index in [-0.39, 0.29) is 0 Å². The van der Waals surface area contributed by atoms with Gasteiger partial charge in [-0.25, -0.2) is 0 Å². The van der Waals surface area contributed by atoms with Crippen molar-refractivity contribution in [3.63, 3.8) is 0 Å². The SMILES string of the molecule is CC(C)NC(CCCc1ccccc1)c1ccccc1. The Morgan fingerprint density at radius 2 is 1.45 bits per heavy atom. The van der Waals surface area contributed by atoms with Gasteiger partial charge in [0.25, 0.3) is 0 Å². The van der Waals surface area contributed by atoms with Crippen molar-refractivity contribution >= 4 is 0 Å². The lowest BCUT2D eigenvalue weighted by molar-refractivity contribution is 0.442. The molecular formula is C19H25N. The molecule has 1 nitrogen and oxygen atoms in total. The molecule has 2 rings (SSSR count). The summed E-state index contributed by atoms with van der Waals surface area (Å²) in [5, 5.41) is 3.68. The van der Waals surface area contributed by atoms with Gasteiger partial charge in [0.1, 0.15) is 0 Å². The highest BCUT2D eigenvalue weighted by atomic mass is 14.9. The van der Waals surface area contributed by atoms with Gasteiger partial charge in [0, 0.05) is 12.1 Å². The Hall–Kier alpha value is -1.60. The molecule has 106 valence electrons. The largest absolute Gasteiger partial charge is 0.308 e. The zero-order valence-corrected chi connectivity index (χ0v) is 12.5. The van der Waals surface area contributed by atoms with E-state index in [9.17, 15) is 0 Å². The lowest BCUT2D eigenvalue weighted by Crippen LogP contribution is -2.28. The number of nitrogens with one attached hydrogen (secondary N) is 1. The second-order valence-electron chi connectivity index (χ2n) is 5.66. The molecule has 1 atom stereocenters. The Bertz CT molecular complexity index is 476. The van der Waals surface area contributed by atoms with Crippen LogP contribution in [0.4, 0.5) is 0 Å². The van der Waals surface area contributed by atoms with Crippen LogP contribution < -0.4 is 5.32 Å². The molecule has 0 saturated heterocycles. The summed E-state index contributed by atoms with van der Waals surface area (Å²) in [6.45, 7) is 4.43. The highest BCUT2D eigenvalue weighted by molar-refractivity contribution is 5.19. The molecule has 20 heavy (non-hydrogen) atoms. The third-order valence-corrected chi connectivity index (χ3v) is 3.54. The minimum atomic E-state index is 0.458. The summed E-state index contributed by atoms with van der Waals surface area (Å²) in [5.41, 5.74) is 2.83. The summed E-state index contributed by atoms with van der Waals surface area (Å²) in [6, 6.07) is 22.5. The van der Waals surface area contributed by atoms with Gasteiger partial charge in [-0.3, -0.25) is 0 Å². The number of benzene rings is 2. The molecule has 0 radical (unpaired) electrons. The molecule has 1 N–H and O–H groups in total. The Balaban J connectivity index is 1.91. The van der Waals surface area contributed by atoms with Gasteiger partial charge in [-0.05, 0) is 30.4 Å². The number of rotatable bonds is 7. The fourth-order valence-corrected chi connectivity index (χ4v) is 2.59. The minimum Gasteiger partial charge on any atom is -0.308 e. The second-order valence-corrected chi connectivity index (χ2v) is 5.66. The molecule has 0 heterocycles. The van der Waals surface area contributed by atoms with Crippen molar-refractivity contribution in [2.24, 2.45) is 0 Å². The Kier molecular flexibility index (Phi) is 5.82. The average molecular weight is 267 g/mol. The molecular weight excluding hydrogens is 242 g/mol. The van der Waals surface area contributed by atoms with Crippen LogP contribution in [0.3, 0.4) is 0 Å². The van der Waals surface area contributed by atoms with Crippen LogP contribution in [-0.4, -0.2) is 6.04 Å². The molecule has 0 spiro atoms. The Morgan fingerprint density at radius 3 is 2.05 bits per heavy atom. The van der Waals surface area contributed by atoms with Crippen molar-refractivity contribution in [2.45, 2.75) is 45.2 Å². The quantitative estimate of drug-likeness (QED) is 0.763. The monoisotopic (exact) mass is 267 g/mol. The first-order valence-corrected chi connectivity index (χ1v) is 7.60. The normalized spacial score (nSPS) is 12.6. The van der Waals surface area contributed by atoms with Crippen LogP contribution in [0, 0.1) is 0 Å². The lowest BCUT2D eigenvalue weighted by Gasteiger charge is -2.22. The molecule has 2 aromatic rings. The maximum absolute atomic E-state index is 3.68. The fraction of sp³-hybridized carbons (Fsp3) is 0.368.